The molecule has 0 aliphatic heterocycles. The largest absolute Gasteiger partial charge is 0.389 e. The molecule has 0 bridgehead atoms. The predicted octanol–water partition coefficient (Wildman–Crippen LogP) is 1.29. The van der Waals surface area contributed by atoms with E-state index in [4.69, 9.17) is 10.5 Å². The van der Waals surface area contributed by atoms with Crippen LogP contribution in [0.5, 0.6) is 0 Å². The molecule has 0 unspecified atom stereocenters. The van der Waals surface area contributed by atoms with Gasteiger partial charge in [-0.25, -0.2) is 0 Å². The highest BCUT2D eigenvalue weighted by molar-refractivity contribution is 5.01. The molecule has 0 radical (unpaired) electrons. The van der Waals surface area contributed by atoms with Crippen molar-refractivity contribution in [2.75, 3.05) is 7.11 Å². The summed E-state index contributed by atoms with van der Waals surface area (Å²) in [6.45, 7) is 6.12. The molecule has 3 N–H and O–H groups in total. The molecule has 0 spiro atoms. The van der Waals surface area contributed by atoms with E-state index < -0.39 is 5.60 Å². The summed E-state index contributed by atoms with van der Waals surface area (Å²) in [7, 11) is 1.74. The number of nitrogens with two attached hydrogens (primary N) is 1. The van der Waals surface area contributed by atoms with Crippen molar-refractivity contribution in [3.8, 4) is 0 Å². The Morgan fingerprint density at radius 2 is 2.00 bits per heavy atom. The van der Waals surface area contributed by atoms with Crippen LogP contribution >= 0.6 is 0 Å². The van der Waals surface area contributed by atoms with Gasteiger partial charge in [0.05, 0.1) is 11.2 Å². The Bertz CT molecular complexity index is 203. The van der Waals surface area contributed by atoms with Gasteiger partial charge in [0, 0.05) is 13.2 Å². The van der Waals surface area contributed by atoms with E-state index >= 15 is 0 Å². The van der Waals surface area contributed by atoms with E-state index in [2.05, 4.69) is 13.8 Å². The van der Waals surface area contributed by atoms with Gasteiger partial charge in [-0.3, -0.25) is 0 Å². The number of methoxy groups -OCH3 is 1. The second-order valence-electron chi connectivity index (χ2n) is 5.09. The summed E-state index contributed by atoms with van der Waals surface area (Å²) in [4.78, 5) is 0. The summed E-state index contributed by atoms with van der Waals surface area (Å²) in [6.07, 6.45) is 2.36. The van der Waals surface area contributed by atoms with Gasteiger partial charge in [-0.1, -0.05) is 13.8 Å². The number of rotatable bonds is 2. The van der Waals surface area contributed by atoms with Crippen LogP contribution in [-0.2, 0) is 4.74 Å². The van der Waals surface area contributed by atoms with Crippen molar-refractivity contribution < 1.29 is 9.84 Å². The number of ether oxygens (including phenoxy) is 1. The number of hydrogen-bond acceptors (Lipinski definition) is 3. The van der Waals surface area contributed by atoms with Crippen LogP contribution in [0.1, 0.15) is 40.0 Å². The van der Waals surface area contributed by atoms with E-state index in [1.165, 1.54) is 0 Å². The predicted molar refractivity (Wildman–Crippen MR) is 57.0 cm³/mol. The highest BCUT2D eigenvalue weighted by atomic mass is 16.5. The first kappa shape index (κ1) is 12.0. The van der Waals surface area contributed by atoms with E-state index in [1.54, 1.807) is 7.11 Å². The summed E-state index contributed by atoms with van der Waals surface area (Å²) in [5, 5.41) is 9.97. The average molecular weight is 201 g/mol. The molecule has 1 rings (SSSR count). The van der Waals surface area contributed by atoms with Gasteiger partial charge in [0.2, 0.25) is 0 Å². The van der Waals surface area contributed by atoms with E-state index in [1.807, 2.05) is 6.92 Å². The SMILES string of the molecule is CO[C@]1(C(C)C)CC[C@](C)(O)[C@@H](N)C1. The first-order valence-corrected chi connectivity index (χ1v) is 5.37. The summed E-state index contributed by atoms with van der Waals surface area (Å²) >= 11 is 0. The second kappa shape index (κ2) is 3.80. The Hall–Kier alpha value is -0.120. The summed E-state index contributed by atoms with van der Waals surface area (Å²) in [5.41, 5.74) is 5.11. The lowest BCUT2D eigenvalue weighted by atomic mass is 9.69. The third kappa shape index (κ3) is 1.95. The zero-order chi connectivity index (χ0) is 11.0. The number of hydrogen-bond donors (Lipinski definition) is 2. The van der Waals surface area contributed by atoms with E-state index in [-0.39, 0.29) is 11.6 Å². The van der Waals surface area contributed by atoms with Crippen LogP contribution in [-0.4, -0.2) is 29.5 Å². The molecule has 1 fully saturated rings. The molecule has 0 aromatic heterocycles. The van der Waals surface area contributed by atoms with Gasteiger partial charge in [0.1, 0.15) is 0 Å². The molecule has 1 aliphatic rings. The lowest BCUT2D eigenvalue weighted by Crippen LogP contribution is -2.57. The minimum Gasteiger partial charge on any atom is -0.389 e. The van der Waals surface area contributed by atoms with E-state index in [0.717, 1.165) is 19.3 Å². The van der Waals surface area contributed by atoms with Gasteiger partial charge in [0.15, 0.2) is 0 Å². The molecule has 0 amide bonds. The fraction of sp³-hybridized carbons (Fsp3) is 1.00. The zero-order valence-electron chi connectivity index (χ0n) is 9.71. The first-order valence-electron chi connectivity index (χ1n) is 5.37. The third-order valence-electron chi connectivity index (χ3n) is 3.88. The fourth-order valence-electron chi connectivity index (χ4n) is 2.29. The van der Waals surface area contributed by atoms with Gasteiger partial charge < -0.3 is 15.6 Å². The standard InChI is InChI=1S/C11H23NO2/c1-8(2)11(14-4)6-5-10(3,13)9(12)7-11/h8-9,13H,5-7,12H2,1-4H3/t9-,10-,11+/m0/s1. The highest BCUT2D eigenvalue weighted by Gasteiger charge is 2.46. The highest BCUT2D eigenvalue weighted by Crippen LogP contribution is 2.40. The summed E-state index contributed by atoms with van der Waals surface area (Å²) < 4.78 is 5.61. The quantitative estimate of drug-likeness (QED) is 0.708. The maximum atomic E-state index is 9.97. The van der Waals surface area contributed by atoms with Crippen LogP contribution in [0.4, 0.5) is 0 Å². The number of aliphatic hydroxyl groups is 1. The molecule has 1 saturated carbocycles. The Morgan fingerprint density at radius 3 is 2.36 bits per heavy atom. The van der Waals surface area contributed by atoms with E-state index in [9.17, 15) is 5.11 Å². The molecule has 0 heterocycles. The molecule has 3 atom stereocenters. The van der Waals surface area contributed by atoms with Crippen molar-refractivity contribution in [2.24, 2.45) is 11.7 Å². The lowest BCUT2D eigenvalue weighted by Gasteiger charge is -2.47. The van der Waals surface area contributed by atoms with Gasteiger partial charge in [-0.05, 0) is 32.1 Å². The monoisotopic (exact) mass is 201 g/mol. The molecule has 84 valence electrons. The fourth-order valence-corrected chi connectivity index (χ4v) is 2.29. The maximum Gasteiger partial charge on any atom is 0.0772 e. The topological polar surface area (TPSA) is 55.5 Å². The molecule has 3 nitrogen and oxygen atoms in total. The first-order chi connectivity index (χ1) is 6.34. The normalized spacial score (nSPS) is 44.4. The minimum absolute atomic E-state index is 0.137. The minimum atomic E-state index is -0.725. The van der Waals surface area contributed by atoms with Crippen LogP contribution in [0.2, 0.25) is 0 Å². The van der Waals surface area contributed by atoms with Crippen LogP contribution in [0, 0.1) is 5.92 Å². The van der Waals surface area contributed by atoms with Crippen molar-refractivity contribution in [1.82, 2.24) is 0 Å². The molecule has 0 saturated heterocycles. The Morgan fingerprint density at radius 1 is 1.43 bits per heavy atom. The van der Waals surface area contributed by atoms with E-state index in [0.29, 0.717) is 5.92 Å². The van der Waals surface area contributed by atoms with Crippen molar-refractivity contribution in [3.05, 3.63) is 0 Å². The summed E-state index contributed by atoms with van der Waals surface area (Å²) in [5.74, 6) is 0.439. The van der Waals surface area contributed by atoms with Gasteiger partial charge in [-0.2, -0.15) is 0 Å². The van der Waals surface area contributed by atoms with Gasteiger partial charge in [-0.15, -0.1) is 0 Å². The lowest BCUT2D eigenvalue weighted by molar-refractivity contribution is -0.126. The molecule has 0 aromatic rings. The van der Waals surface area contributed by atoms with Gasteiger partial charge >= 0.3 is 0 Å². The van der Waals surface area contributed by atoms with Gasteiger partial charge in [0.25, 0.3) is 0 Å². The van der Waals surface area contributed by atoms with Crippen molar-refractivity contribution in [3.63, 3.8) is 0 Å². The van der Waals surface area contributed by atoms with Crippen molar-refractivity contribution >= 4 is 0 Å². The molecule has 1 aliphatic carbocycles. The molecule has 0 aromatic carbocycles. The Kier molecular flexibility index (Phi) is 3.24. The molecular weight excluding hydrogens is 178 g/mol. The van der Waals surface area contributed by atoms with Crippen molar-refractivity contribution in [1.29, 1.82) is 0 Å². The molecular formula is C11H23NO2. The van der Waals surface area contributed by atoms with Crippen LogP contribution in [0.15, 0.2) is 0 Å². The Labute approximate surface area is 86.6 Å². The van der Waals surface area contributed by atoms with Crippen LogP contribution in [0.25, 0.3) is 0 Å². The Balaban J connectivity index is 2.78. The second-order valence-corrected chi connectivity index (χ2v) is 5.09. The third-order valence-corrected chi connectivity index (χ3v) is 3.88. The zero-order valence-corrected chi connectivity index (χ0v) is 9.71. The van der Waals surface area contributed by atoms with Crippen LogP contribution in [0.3, 0.4) is 0 Å². The summed E-state index contributed by atoms with van der Waals surface area (Å²) in [6, 6.07) is -0.182. The van der Waals surface area contributed by atoms with Crippen LogP contribution < -0.4 is 5.73 Å². The maximum absolute atomic E-state index is 9.97. The molecule has 14 heavy (non-hydrogen) atoms. The smallest absolute Gasteiger partial charge is 0.0772 e. The average Bonchev–Trinajstić information content (AvgIpc) is 2.10. The molecule has 3 heteroatoms. The van der Waals surface area contributed by atoms with Crippen molar-refractivity contribution in [2.45, 2.75) is 57.3 Å².